The number of halogens is 2. The lowest BCUT2D eigenvalue weighted by molar-refractivity contribution is 0.297. The summed E-state index contributed by atoms with van der Waals surface area (Å²) in [6.07, 6.45) is 0. The minimum atomic E-state index is 0.362. The molecule has 0 heterocycles. The molecule has 0 aliphatic rings. The van der Waals surface area contributed by atoms with Crippen molar-refractivity contribution in [2.45, 2.75) is 19.8 Å². The fourth-order valence-electron chi connectivity index (χ4n) is 2.14. The van der Waals surface area contributed by atoms with Gasteiger partial charge in [0.2, 0.25) is 0 Å². The van der Waals surface area contributed by atoms with Crippen molar-refractivity contribution in [1.29, 1.82) is 0 Å². The van der Waals surface area contributed by atoms with Crippen molar-refractivity contribution in [1.82, 2.24) is 0 Å². The van der Waals surface area contributed by atoms with Gasteiger partial charge in [0.15, 0.2) is 0 Å². The van der Waals surface area contributed by atoms with Gasteiger partial charge in [-0.1, -0.05) is 62.2 Å². The van der Waals surface area contributed by atoms with E-state index in [0.717, 1.165) is 15.6 Å². The molecular weight excluding hydrogens is 380 g/mol. The van der Waals surface area contributed by atoms with E-state index >= 15 is 0 Å². The maximum atomic E-state index is 5.98. The summed E-state index contributed by atoms with van der Waals surface area (Å²) in [5.74, 6) is 1.30. The third-order valence-corrected chi connectivity index (χ3v) is 5.35. The fourth-order valence-corrected chi connectivity index (χ4v) is 2.93. The summed E-state index contributed by atoms with van der Waals surface area (Å²) in [4.78, 5) is 0. The Labute approximate surface area is 137 Å². The van der Waals surface area contributed by atoms with E-state index in [1.165, 1.54) is 16.7 Å². The first-order chi connectivity index (χ1) is 9.61. The lowest BCUT2D eigenvalue weighted by Crippen LogP contribution is -2.11. The van der Waals surface area contributed by atoms with Crippen molar-refractivity contribution in [3.63, 3.8) is 0 Å². The Morgan fingerprint density at radius 3 is 2.20 bits per heavy atom. The molecule has 2 aromatic carbocycles. The van der Waals surface area contributed by atoms with Gasteiger partial charge in [-0.2, -0.15) is 0 Å². The Morgan fingerprint density at radius 1 is 1.05 bits per heavy atom. The number of alkyl halides is 1. The van der Waals surface area contributed by atoms with E-state index in [1.807, 2.05) is 6.07 Å². The van der Waals surface area contributed by atoms with E-state index in [4.69, 9.17) is 4.74 Å². The van der Waals surface area contributed by atoms with Crippen LogP contribution in [-0.2, 0) is 0 Å². The SMILES string of the molecule is Cc1cc(OCC(CBr)c2ccccc2)cc(C)c1Br. The maximum Gasteiger partial charge on any atom is 0.119 e. The third kappa shape index (κ3) is 3.86. The summed E-state index contributed by atoms with van der Waals surface area (Å²) in [5, 5.41) is 0.894. The van der Waals surface area contributed by atoms with Crippen LogP contribution in [0.15, 0.2) is 46.9 Å². The molecule has 1 atom stereocenters. The smallest absolute Gasteiger partial charge is 0.119 e. The number of benzene rings is 2. The second kappa shape index (κ2) is 7.28. The number of ether oxygens (including phenoxy) is 1. The molecule has 0 aliphatic carbocycles. The summed E-state index contributed by atoms with van der Waals surface area (Å²) in [6, 6.07) is 14.6. The van der Waals surface area contributed by atoms with Crippen molar-refractivity contribution >= 4 is 31.9 Å². The van der Waals surface area contributed by atoms with Crippen molar-refractivity contribution < 1.29 is 4.74 Å². The maximum absolute atomic E-state index is 5.98. The van der Waals surface area contributed by atoms with Crippen LogP contribution in [0.2, 0.25) is 0 Å². The van der Waals surface area contributed by atoms with Crippen molar-refractivity contribution in [3.05, 3.63) is 63.6 Å². The van der Waals surface area contributed by atoms with Crippen LogP contribution in [0.25, 0.3) is 0 Å². The average molecular weight is 398 g/mol. The monoisotopic (exact) mass is 396 g/mol. The zero-order chi connectivity index (χ0) is 14.5. The molecule has 1 nitrogen and oxygen atoms in total. The molecule has 0 aromatic heterocycles. The number of rotatable bonds is 5. The second-order valence-electron chi connectivity index (χ2n) is 4.94. The van der Waals surface area contributed by atoms with Gasteiger partial charge in [-0.15, -0.1) is 0 Å². The van der Waals surface area contributed by atoms with E-state index < -0.39 is 0 Å². The zero-order valence-electron chi connectivity index (χ0n) is 11.7. The Morgan fingerprint density at radius 2 is 1.65 bits per heavy atom. The fraction of sp³-hybridized carbons (Fsp3) is 0.294. The number of hydrogen-bond donors (Lipinski definition) is 0. The molecule has 2 aromatic rings. The van der Waals surface area contributed by atoms with Gasteiger partial charge in [-0.05, 0) is 42.7 Å². The number of hydrogen-bond acceptors (Lipinski definition) is 1. The summed E-state index contributed by atoms with van der Waals surface area (Å²) in [7, 11) is 0. The van der Waals surface area contributed by atoms with Crippen LogP contribution < -0.4 is 4.74 Å². The second-order valence-corrected chi connectivity index (χ2v) is 6.38. The highest BCUT2D eigenvalue weighted by molar-refractivity contribution is 9.10. The molecule has 20 heavy (non-hydrogen) atoms. The van der Waals surface area contributed by atoms with Crippen LogP contribution in [0.4, 0.5) is 0 Å². The topological polar surface area (TPSA) is 9.23 Å². The van der Waals surface area contributed by atoms with Gasteiger partial charge in [-0.25, -0.2) is 0 Å². The Kier molecular flexibility index (Phi) is 5.67. The Bertz CT molecular complexity index is 543. The molecule has 0 amide bonds. The lowest BCUT2D eigenvalue weighted by atomic mass is 10.0. The predicted octanol–water partition coefficient (Wildman–Crippen LogP) is 5.62. The lowest BCUT2D eigenvalue weighted by Gasteiger charge is -2.17. The van der Waals surface area contributed by atoms with Crippen LogP contribution in [0.1, 0.15) is 22.6 Å². The van der Waals surface area contributed by atoms with Crippen LogP contribution in [0.3, 0.4) is 0 Å². The molecule has 0 bridgehead atoms. The third-order valence-electron chi connectivity index (χ3n) is 3.32. The van der Waals surface area contributed by atoms with Gasteiger partial charge in [0, 0.05) is 15.7 Å². The molecule has 106 valence electrons. The highest BCUT2D eigenvalue weighted by atomic mass is 79.9. The van der Waals surface area contributed by atoms with Crippen molar-refractivity contribution in [2.24, 2.45) is 0 Å². The van der Waals surface area contributed by atoms with Crippen LogP contribution >= 0.6 is 31.9 Å². The molecule has 0 saturated carbocycles. The molecule has 0 saturated heterocycles. The highest BCUT2D eigenvalue weighted by Crippen LogP contribution is 2.27. The molecule has 0 radical (unpaired) electrons. The van der Waals surface area contributed by atoms with Gasteiger partial charge in [0.25, 0.3) is 0 Å². The minimum absolute atomic E-state index is 0.362. The molecular formula is C17H18Br2O. The molecule has 0 aliphatic heterocycles. The van der Waals surface area contributed by atoms with E-state index in [1.54, 1.807) is 0 Å². The van der Waals surface area contributed by atoms with E-state index in [0.29, 0.717) is 12.5 Å². The summed E-state index contributed by atoms with van der Waals surface area (Å²) in [6.45, 7) is 4.85. The molecule has 0 spiro atoms. The van der Waals surface area contributed by atoms with Crippen LogP contribution in [0.5, 0.6) is 5.75 Å². The number of aryl methyl sites for hydroxylation is 2. The molecule has 0 N–H and O–H groups in total. The van der Waals surface area contributed by atoms with Gasteiger partial charge >= 0.3 is 0 Å². The molecule has 0 fully saturated rings. The van der Waals surface area contributed by atoms with E-state index in [2.05, 4.69) is 82.1 Å². The van der Waals surface area contributed by atoms with Gasteiger partial charge in [-0.3, -0.25) is 0 Å². The van der Waals surface area contributed by atoms with Crippen LogP contribution in [0, 0.1) is 13.8 Å². The van der Waals surface area contributed by atoms with E-state index in [9.17, 15) is 0 Å². The quantitative estimate of drug-likeness (QED) is 0.594. The zero-order valence-corrected chi connectivity index (χ0v) is 14.9. The van der Waals surface area contributed by atoms with E-state index in [-0.39, 0.29) is 0 Å². The van der Waals surface area contributed by atoms with Crippen LogP contribution in [-0.4, -0.2) is 11.9 Å². The van der Waals surface area contributed by atoms with Gasteiger partial charge in [0.05, 0.1) is 6.61 Å². The average Bonchev–Trinajstić information content (AvgIpc) is 2.46. The van der Waals surface area contributed by atoms with Gasteiger partial charge < -0.3 is 4.74 Å². The van der Waals surface area contributed by atoms with Crippen molar-refractivity contribution in [3.8, 4) is 5.75 Å². The first-order valence-corrected chi connectivity index (χ1v) is 8.53. The first-order valence-electron chi connectivity index (χ1n) is 6.62. The molecule has 2 rings (SSSR count). The largest absolute Gasteiger partial charge is 0.493 e. The summed E-state index contributed by atoms with van der Waals surface area (Å²) < 4.78 is 7.14. The predicted molar refractivity (Wildman–Crippen MR) is 92.1 cm³/mol. The molecule has 1 unspecified atom stereocenters. The Balaban J connectivity index is 2.07. The normalized spacial score (nSPS) is 12.2. The Hall–Kier alpha value is -0.800. The highest BCUT2D eigenvalue weighted by Gasteiger charge is 2.11. The summed E-state index contributed by atoms with van der Waals surface area (Å²) >= 11 is 7.16. The summed E-state index contributed by atoms with van der Waals surface area (Å²) in [5.41, 5.74) is 3.71. The minimum Gasteiger partial charge on any atom is -0.493 e. The first kappa shape index (κ1) is 15.6. The van der Waals surface area contributed by atoms with Crippen molar-refractivity contribution in [2.75, 3.05) is 11.9 Å². The van der Waals surface area contributed by atoms with Gasteiger partial charge in [0.1, 0.15) is 5.75 Å². The standard InChI is InChI=1S/C17H18Br2O/c1-12-8-16(9-13(2)17(12)19)20-11-15(10-18)14-6-4-3-5-7-14/h3-9,15H,10-11H2,1-2H3. The molecule has 3 heteroatoms.